The highest BCUT2D eigenvalue weighted by Crippen LogP contribution is 2.21. The molecule has 0 bridgehead atoms. The van der Waals surface area contributed by atoms with Gasteiger partial charge in [0.2, 0.25) is 0 Å². The van der Waals surface area contributed by atoms with Crippen LogP contribution < -0.4 is 0 Å². The predicted molar refractivity (Wildman–Crippen MR) is 52.0 cm³/mol. The Morgan fingerprint density at radius 3 is 2.09 bits per heavy atom. The second-order valence-corrected chi connectivity index (χ2v) is 7.98. The van der Waals surface area contributed by atoms with E-state index < -0.39 is 9.93 Å². The predicted octanol–water partition coefficient (Wildman–Crippen LogP) is 1.08. The first-order valence-corrected chi connectivity index (χ1v) is 6.21. The molecule has 0 aromatic rings. The molecule has 0 fully saturated rings. The molecule has 0 atom stereocenters. The van der Waals surface area contributed by atoms with Gasteiger partial charge in [0.1, 0.15) is 0 Å². The molecule has 0 amide bonds. The molecule has 0 heterocycles. The van der Waals surface area contributed by atoms with Crippen molar-refractivity contribution in [1.29, 1.82) is 0 Å². The first-order valence-electron chi connectivity index (χ1n) is 3.87. The Labute approximate surface area is 70.7 Å². The highest BCUT2D eigenvalue weighted by Gasteiger charge is 2.25. The van der Waals surface area contributed by atoms with Crippen molar-refractivity contribution in [2.45, 2.75) is 25.5 Å². The quantitative estimate of drug-likeness (QED) is 0.658. The van der Waals surface area contributed by atoms with Gasteiger partial charge < -0.3 is 4.74 Å². The van der Waals surface area contributed by atoms with Crippen molar-refractivity contribution in [3.63, 3.8) is 0 Å². The topological polar surface area (TPSA) is 26.3 Å². The van der Waals surface area contributed by atoms with Crippen molar-refractivity contribution in [3.05, 3.63) is 0 Å². The molecule has 3 heteroatoms. The fourth-order valence-corrected chi connectivity index (χ4v) is 1.80. The highest BCUT2D eigenvalue weighted by atomic mass is 32.2. The van der Waals surface area contributed by atoms with Gasteiger partial charge in [0, 0.05) is 17.6 Å². The van der Waals surface area contributed by atoms with Gasteiger partial charge in [-0.1, -0.05) is 30.7 Å². The summed E-state index contributed by atoms with van der Waals surface area (Å²) in [7, 11) is -0.376. The van der Waals surface area contributed by atoms with E-state index >= 15 is 0 Å². The van der Waals surface area contributed by atoms with E-state index in [4.69, 9.17) is 4.74 Å². The summed E-state index contributed by atoms with van der Waals surface area (Å²) < 4.78 is 16.7. The number of methoxy groups -OCH3 is 1. The summed E-state index contributed by atoms with van der Waals surface area (Å²) in [6.07, 6.45) is 1.85. The molecule has 0 aliphatic carbocycles. The lowest BCUT2D eigenvalue weighted by Gasteiger charge is -2.32. The largest absolute Gasteiger partial charge is 0.384 e. The second-order valence-electron chi connectivity index (χ2n) is 3.99. The molecule has 0 saturated carbocycles. The molecule has 0 N–H and O–H groups in total. The van der Waals surface area contributed by atoms with Gasteiger partial charge in [0.25, 0.3) is 0 Å². The van der Waals surface area contributed by atoms with Gasteiger partial charge in [0.05, 0.1) is 6.61 Å². The molecule has 0 unspecified atom stereocenters. The minimum Gasteiger partial charge on any atom is -0.384 e. The molecular weight excluding hydrogens is 160 g/mol. The van der Waals surface area contributed by atoms with Crippen LogP contribution in [-0.2, 0) is 14.7 Å². The van der Waals surface area contributed by atoms with E-state index in [1.54, 1.807) is 7.11 Å². The van der Waals surface area contributed by atoms with Crippen LogP contribution in [0.25, 0.3) is 0 Å². The van der Waals surface area contributed by atoms with Crippen LogP contribution in [0.15, 0.2) is 0 Å². The fourth-order valence-electron chi connectivity index (χ4n) is 0.601. The van der Waals surface area contributed by atoms with Crippen molar-refractivity contribution in [1.82, 2.24) is 0 Å². The first kappa shape index (κ1) is 11.1. The van der Waals surface area contributed by atoms with Crippen LogP contribution in [0.2, 0.25) is 0 Å². The van der Waals surface area contributed by atoms with E-state index in [-0.39, 0.29) is 4.75 Å². The summed E-state index contributed by atoms with van der Waals surface area (Å²) in [4.78, 5) is 0. The van der Waals surface area contributed by atoms with Crippen LogP contribution in [0.5, 0.6) is 0 Å². The maximum Gasteiger partial charge on any atom is 0.0558 e. The van der Waals surface area contributed by atoms with Crippen LogP contribution in [0.1, 0.15) is 20.8 Å². The molecular formula is C8H20O2S. The Balaban J connectivity index is 4.12. The molecule has 0 aromatic heterocycles. The second kappa shape index (κ2) is 3.68. The van der Waals surface area contributed by atoms with E-state index in [1.807, 2.05) is 27.0 Å². The van der Waals surface area contributed by atoms with E-state index in [2.05, 4.69) is 0 Å². The molecule has 0 saturated heterocycles. The molecule has 0 rings (SSSR count). The Morgan fingerprint density at radius 2 is 1.82 bits per heavy atom. The summed E-state index contributed by atoms with van der Waals surface area (Å²) in [5.41, 5.74) is 0. The lowest BCUT2D eigenvalue weighted by molar-refractivity contribution is 0.217. The number of thiol groups is 1. The lowest BCUT2D eigenvalue weighted by Crippen LogP contribution is -2.37. The first-order chi connectivity index (χ1) is 4.81. The van der Waals surface area contributed by atoms with Gasteiger partial charge in [-0.05, 0) is 6.26 Å². The van der Waals surface area contributed by atoms with Crippen LogP contribution in [0.4, 0.5) is 0 Å². The van der Waals surface area contributed by atoms with E-state index in [9.17, 15) is 4.21 Å². The van der Waals surface area contributed by atoms with Crippen LogP contribution in [0, 0.1) is 0 Å². The van der Waals surface area contributed by atoms with E-state index in [0.717, 1.165) is 0 Å². The Kier molecular flexibility index (Phi) is 3.71. The summed E-state index contributed by atoms with van der Waals surface area (Å²) in [5.74, 6) is 0.688. The van der Waals surface area contributed by atoms with Crippen molar-refractivity contribution in [2.75, 3.05) is 25.7 Å². The van der Waals surface area contributed by atoms with Gasteiger partial charge in [-0.3, -0.25) is 4.21 Å². The monoisotopic (exact) mass is 180 g/mol. The molecule has 0 aromatic carbocycles. The molecule has 0 radical (unpaired) electrons. The maximum atomic E-state index is 11.9. The summed E-state index contributed by atoms with van der Waals surface area (Å²) in [6, 6.07) is 0. The van der Waals surface area contributed by atoms with E-state index in [1.165, 1.54) is 0 Å². The molecule has 0 aliphatic rings. The number of hydrogen-bond donors (Lipinski definition) is 1. The zero-order valence-corrected chi connectivity index (χ0v) is 9.07. The molecule has 0 spiro atoms. The summed E-state index contributed by atoms with van der Waals surface area (Å²) in [6.45, 7) is 6.65. The number of ether oxygens (including phenoxy) is 1. The van der Waals surface area contributed by atoms with Gasteiger partial charge in [-0.25, -0.2) is 0 Å². The number of rotatable bonds is 3. The zero-order chi connectivity index (χ0) is 9.12. The Bertz CT molecular complexity index is 158. The van der Waals surface area contributed by atoms with Crippen molar-refractivity contribution in [2.24, 2.45) is 0 Å². The third kappa shape index (κ3) is 3.34. The van der Waals surface area contributed by atoms with Gasteiger partial charge >= 0.3 is 0 Å². The van der Waals surface area contributed by atoms with Gasteiger partial charge in [-0.2, -0.15) is 0 Å². The minimum absolute atomic E-state index is 0.0778. The smallest absolute Gasteiger partial charge is 0.0558 e. The van der Waals surface area contributed by atoms with Gasteiger partial charge in [0.15, 0.2) is 0 Å². The Hall–Kier alpha value is 0.110. The van der Waals surface area contributed by atoms with Crippen molar-refractivity contribution < 1.29 is 8.95 Å². The Morgan fingerprint density at radius 1 is 1.36 bits per heavy atom. The maximum absolute atomic E-state index is 11.9. The average molecular weight is 180 g/mol. The number of hydrogen-bond acceptors (Lipinski definition) is 2. The average Bonchev–Trinajstić information content (AvgIpc) is 1.81. The van der Waals surface area contributed by atoms with Crippen LogP contribution in [0.3, 0.4) is 0 Å². The molecule has 70 valence electrons. The summed E-state index contributed by atoms with van der Waals surface area (Å²) >= 11 is 0. The van der Waals surface area contributed by atoms with Crippen molar-refractivity contribution >= 4 is 9.93 Å². The molecule has 0 aliphatic heterocycles. The SMILES string of the molecule is COCC[SH](C)(=O)C(C)(C)C. The van der Waals surface area contributed by atoms with E-state index in [0.29, 0.717) is 12.4 Å². The van der Waals surface area contributed by atoms with Crippen molar-refractivity contribution in [3.8, 4) is 0 Å². The standard InChI is InChI=1S/C8H20O2S/c1-8(2,3)11(5,9)7-6-10-4/h11H,6-7H2,1-5H3. The lowest BCUT2D eigenvalue weighted by atomic mass is 10.3. The van der Waals surface area contributed by atoms with Crippen LogP contribution >= 0.6 is 0 Å². The summed E-state index contributed by atoms with van der Waals surface area (Å²) in [5, 5.41) is 0. The third-order valence-electron chi connectivity index (χ3n) is 2.14. The van der Waals surface area contributed by atoms with Gasteiger partial charge in [-0.15, -0.1) is 0 Å². The molecule has 11 heavy (non-hydrogen) atoms. The highest BCUT2D eigenvalue weighted by molar-refractivity contribution is 8.03. The normalized spacial score (nSPS) is 15.0. The minimum atomic E-state index is -2.02. The third-order valence-corrected chi connectivity index (χ3v) is 6.02. The van der Waals surface area contributed by atoms with Crippen LogP contribution in [-0.4, -0.2) is 34.7 Å². The fraction of sp³-hybridized carbons (Fsp3) is 1.00. The zero-order valence-electron chi connectivity index (χ0n) is 8.18. The molecule has 2 nitrogen and oxygen atoms in total.